The van der Waals surface area contributed by atoms with Gasteiger partial charge in [0, 0.05) is 17.8 Å². The van der Waals surface area contributed by atoms with Gasteiger partial charge in [-0.1, -0.05) is 49.6 Å². The van der Waals surface area contributed by atoms with Crippen LogP contribution in [0.15, 0.2) is 42.6 Å². The molecule has 1 saturated heterocycles. The Morgan fingerprint density at radius 1 is 1.00 bits per heavy atom. The molecule has 0 atom stereocenters. The van der Waals surface area contributed by atoms with E-state index in [0.29, 0.717) is 6.54 Å². The minimum atomic E-state index is -0.856. The van der Waals surface area contributed by atoms with Crippen LogP contribution < -0.4 is 0 Å². The average Bonchev–Trinajstić information content (AvgIpc) is 3.02. The molecule has 1 aliphatic carbocycles. The minimum Gasteiger partial charge on any atom is -0.481 e. The van der Waals surface area contributed by atoms with Crippen LogP contribution in [0.1, 0.15) is 43.4 Å². The van der Waals surface area contributed by atoms with E-state index in [2.05, 4.69) is 4.98 Å². The van der Waals surface area contributed by atoms with Gasteiger partial charge in [0.05, 0.1) is 18.7 Å². The molecule has 7 nitrogen and oxygen atoms in total. The van der Waals surface area contributed by atoms with Gasteiger partial charge in [-0.2, -0.15) is 0 Å². The van der Waals surface area contributed by atoms with Gasteiger partial charge < -0.3 is 10.0 Å². The summed E-state index contributed by atoms with van der Waals surface area (Å²) in [5, 5.41) is 8.86. The van der Waals surface area contributed by atoms with Crippen LogP contribution >= 0.6 is 0 Å². The van der Waals surface area contributed by atoms with Crippen LogP contribution in [0, 0.1) is 0 Å². The zero-order valence-corrected chi connectivity index (χ0v) is 16.8. The second-order valence-electron chi connectivity index (χ2n) is 8.00. The van der Waals surface area contributed by atoms with Gasteiger partial charge in [-0.3, -0.25) is 19.5 Å². The molecule has 1 saturated carbocycles. The highest BCUT2D eigenvalue weighted by molar-refractivity contribution is 6.02. The Hall–Kier alpha value is -3.22. The second kappa shape index (κ2) is 8.65. The summed E-state index contributed by atoms with van der Waals surface area (Å²) in [6.45, 7) is 0.426. The quantitative estimate of drug-likeness (QED) is 0.741. The maximum absolute atomic E-state index is 12.8. The highest BCUT2D eigenvalue weighted by Gasteiger charge is 2.40. The van der Waals surface area contributed by atoms with Gasteiger partial charge in [-0.05, 0) is 30.0 Å². The summed E-state index contributed by atoms with van der Waals surface area (Å²) in [5.41, 5.74) is 3.33. The van der Waals surface area contributed by atoms with Gasteiger partial charge >= 0.3 is 12.0 Å². The number of carboxylic acids is 1. The molecule has 2 aromatic rings. The van der Waals surface area contributed by atoms with Gasteiger partial charge in [-0.15, -0.1) is 0 Å². The van der Waals surface area contributed by atoms with Crippen molar-refractivity contribution in [2.75, 3.05) is 6.54 Å². The first-order valence-corrected chi connectivity index (χ1v) is 10.4. The third-order valence-corrected chi connectivity index (χ3v) is 5.83. The topological polar surface area (TPSA) is 90.8 Å². The van der Waals surface area contributed by atoms with Gasteiger partial charge in [0.2, 0.25) is 0 Å². The van der Waals surface area contributed by atoms with Crippen molar-refractivity contribution in [1.29, 1.82) is 0 Å². The number of nitrogens with zero attached hydrogens (tertiary/aromatic N) is 3. The molecule has 0 unspecified atom stereocenters. The molecule has 1 aromatic heterocycles. The van der Waals surface area contributed by atoms with Crippen LogP contribution in [-0.2, 0) is 22.6 Å². The summed E-state index contributed by atoms with van der Waals surface area (Å²) in [6.07, 6.45) is 6.87. The van der Waals surface area contributed by atoms with Crippen LogP contribution in [0.3, 0.4) is 0 Å². The smallest absolute Gasteiger partial charge is 0.327 e. The number of carbonyl (C=O) groups is 3. The van der Waals surface area contributed by atoms with Gasteiger partial charge in [0.15, 0.2) is 0 Å². The molecular formula is C23H25N3O4. The highest BCUT2D eigenvalue weighted by Crippen LogP contribution is 2.27. The van der Waals surface area contributed by atoms with Crippen LogP contribution in [-0.4, -0.2) is 50.4 Å². The summed E-state index contributed by atoms with van der Waals surface area (Å²) in [5.74, 6) is -0.962. The zero-order chi connectivity index (χ0) is 21.1. The van der Waals surface area contributed by atoms with E-state index in [1.807, 2.05) is 24.3 Å². The third-order valence-electron chi connectivity index (χ3n) is 5.83. The van der Waals surface area contributed by atoms with E-state index in [1.165, 1.54) is 11.3 Å². The lowest BCUT2D eigenvalue weighted by atomic mass is 9.94. The Bertz CT molecular complexity index is 934. The normalized spacial score (nSPS) is 17.6. The monoisotopic (exact) mass is 407 g/mol. The number of hydrogen-bond donors (Lipinski definition) is 1. The SMILES string of the molecule is O=C(O)Cc1ccc(-c2ccc(CN3CC(=O)N(C4CCCCC4)C3=O)nc2)cc1. The lowest BCUT2D eigenvalue weighted by Gasteiger charge is -2.29. The average molecular weight is 407 g/mol. The lowest BCUT2D eigenvalue weighted by Crippen LogP contribution is -2.42. The molecule has 2 aliphatic rings. The number of aromatic nitrogens is 1. The second-order valence-corrected chi connectivity index (χ2v) is 8.00. The van der Waals surface area contributed by atoms with Crippen LogP contribution in [0.2, 0.25) is 0 Å². The number of rotatable bonds is 6. The number of carboxylic acid groups (broad SMARTS) is 1. The molecular weight excluding hydrogens is 382 g/mol. The highest BCUT2D eigenvalue weighted by atomic mass is 16.4. The molecule has 2 fully saturated rings. The minimum absolute atomic E-state index is 0.00206. The molecule has 0 bridgehead atoms. The molecule has 1 aliphatic heterocycles. The van der Waals surface area contributed by atoms with E-state index in [-0.39, 0.29) is 30.9 Å². The molecule has 30 heavy (non-hydrogen) atoms. The maximum Gasteiger partial charge on any atom is 0.327 e. The number of carbonyl (C=O) groups excluding carboxylic acids is 2. The standard InChI is InChI=1S/C23H25N3O4/c27-21-15-25(23(30)26(21)20-4-2-1-3-5-20)14-19-11-10-18(13-24-19)17-8-6-16(7-9-17)12-22(28)29/h6-11,13,20H,1-5,12,14-15H2,(H,28,29). The maximum atomic E-state index is 12.8. The summed E-state index contributed by atoms with van der Waals surface area (Å²) in [7, 11) is 0. The predicted molar refractivity (Wildman–Crippen MR) is 111 cm³/mol. The fourth-order valence-electron chi connectivity index (χ4n) is 4.26. The molecule has 2 heterocycles. The zero-order valence-electron chi connectivity index (χ0n) is 16.8. The molecule has 0 spiro atoms. The number of imide groups is 1. The molecule has 7 heteroatoms. The molecule has 0 radical (unpaired) electrons. The molecule has 156 valence electrons. The summed E-state index contributed by atoms with van der Waals surface area (Å²) < 4.78 is 0. The number of aliphatic carboxylic acids is 1. The van der Waals surface area contributed by atoms with E-state index >= 15 is 0 Å². The Balaban J connectivity index is 1.40. The van der Waals surface area contributed by atoms with Gasteiger partial charge in [-0.25, -0.2) is 4.79 Å². The first-order valence-electron chi connectivity index (χ1n) is 10.4. The van der Waals surface area contributed by atoms with Crippen molar-refractivity contribution < 1.29 is 19.5 Å². The number of urea groups is 1. The summed E-state index contributed by atoms with van der Waals surface area (Å²) in [4.78, 5) is 43.5. The first kappa shape index (κ1) is 20.1. The molecule has 4 rings (SSSR count). The van der Waals surface area contributed by atoms with E-state index in [4.69, 9.17) is 5.11 Å². The molecule has 1 aromatic carbocycles. The number of pyridine rings is 1. The van der Waals surface area contributed by atoms with Crippen molar-refractivity contribution >= 4 is 17.9 Å². The van der Waals surface area contributed by atoms with Crippen molar-refractivity contribution in [3.05, 3.63) is 53.9 Å². The largest absolute Gasteiger partial charge is 0.481 e. The fraction of sp³-hybridized carbons (Fsp3) is 0.391. The summed E-state index contributed by atoms with van der Waals surface area (Å²) >= 11 is 0. The Morgan fingerprint density at radius 3 is 2.33 bits per heavy atom. The molecule has 1 N–H and O–H groups in total. The third kappa shape index (κ3) is 4.35. The Morgan fingerprint density at radius 2 is 1.70 bits per heavy atom. The van der Waals surface area contributed by atoms with Crippen LogP contribution in [0.4, 0.5) is 4.79 Å². The van der Waals surface area contributed by atoms with E-state index in [0.717, 1.165) is 48.1 Å². The van der Waals surface area contributed by atoms with E-state index in [1.54, 1.807) is 23.2 Å². The van der Waals surface area contributed by atoms with Crippen molar-refractivity contribution in [2.24, 2.45) is 0 Å². The van der Waals surface area contributed by atoms with Crippen molar-refractivity contribution in [3.8, 4) is 11.1 Å². The number of amides is 3. The van der Waals surface area contributed by atoms with Gasteiger partial charge in [0.1, 0.15) is 6.54 Å². The van der Waals surface area contributed by atoms with Crippen LogP contribution in [0.5, 0.6) is 0 Å². The Kier molecular flexibility index (Phi) is 5.79. The summed E-state index contributed by atoms with van der Waals surface area (Å²) in [6, 6.07) is 11.0. The van der Waals surface area contributed by atoms with E-state index < -0.39 is 5.97 Å². The van der Waals surface area contributed by atoms with Crippen molar-refractivity contribution in [2.45, 2.75) is 51.1 Å². The van der Waals surface area contributed by atoms with Gasteiger partial charge in [0.25, 0.3) is 5.91 Å². The molecule has 3 amide bonds. The van der Waals surface area contributed by atoms with Crippen LogP contribution in [0.25, 0.3) is 11.1 Å². The lowest BCUT2D eigenvalue weighted by molar-refractivity contribution is -0.136. The Labute approximate surface area is 175 Å². The fourth-order valence-corrected chi connectivity index (χ4v) is 4.26. The number of benzene rings is 1. The van der Waals surface area contributed by atoms with E-state index in [9.17, 15) is 14.4 Å². The predicted octanol–water partition coefficient (Wildman–Crippen LogP) is 3.47. The number of hydrogen-bond acceptors (Lipinski definition) is 4. The van der Waals surface area contributed by atoms with Crippen molar-refractivity contribution in [1.82, 2.24) is 14.8 Å². The first-order chi connectivity index (χ1) is 14.5. The van der Waals surface area contributed by atoms with Crippen molar-refractivity contribution in [3.63, 3.8) is 0 Å².